The number of methoxy groups -OCH3 is 2. The highest BCUT2D eigenvalue weighted by atomic mass is 16.5. The van der Waals surface area contributed by atoms with E-state index in [1.165, 1.54) is 7.11 Å². The molecule has 1 aromatic heterocycles. The van der Waals surface area contributed by atoms with E-state index in [2.05, 4.69) is 9.72 Å². The first kappa shape index (κ1) is 14.1. The van der Waals surface area contributed by atoms with Gasteiger partial charge in [0, 0.05) is 30.6 Å². The van der Waals surface area contributed by atoms with Gasteiger partial charge in [0.2, 0.25) is 0 Å². The lowest BCUT2D eigenvalue weighted by Crippen LogP contribution is -2.22. The highest BCUT2D eigenvalue weighted by molar-refractivity contribution is 5.96. The van der Waals surface area contributed by atoms with E-state index in [-0.39, 0.29) is 5.97 Å². The van der Waals surface area contributed by atoms with Crippen LogP contribution in [0.25, 0.3) is 10.8 Å². The van der Waals surface area contributed by atoms with Gasteiger partial charge in [-0.25, -0.2) is 4.98 Å². The number of hydrogen-bond donors (Lipinski definition) is 0. The molecule has 0 atom stereocenters. The molecule has 0 spiro atoms. The summed E-state index contributed by atoms with van der Waals surface area (Å²) in [5.74, 6) is 1.41. The van der Waals surface area contributed by atoms with E-state index in [1.807, 2.05) is 36.2 Å². The molecule has 2 aromatic rings. The van der Waals surface area contributed by atoms with Crippen LogP contribution >= 0.6 is 0 Å². The Morgan fingerprint density at radius 3 is 2.75 bits per heavy atom. The molecule has 0 radical (unpaired) electrons. The van der Waals surface area contributed by atoms with E-state index in [0.29, 0.717) is 13.0 Å². The average molecular weight is 274 g/mol. The van der Waals surface area contributed by atoms with Crippen molar-refractivity contribution in [2.45, 2.75) is 6.42 Å². The Morgan fingerprint density at radius 1 is 1.25 bits per heavy atom. The summed E-state index contributed by atoms with van der Waals surface area (Å²) in [6, 6.07) is 7.77. The van der Waals surface area contributed by atoms with Crippen molar-refractivity contribution in [1.29, 1.82) is 0 Å². The lowest BCUT2D eigenvalue weighted by atomic mass is 10.1. The summed E-state index contributed by atoms with van der Waals surface area (Å²) < 4.78 is 10.0. The number of benzene rings is 1. The smallest absolute Gasteiger partial charge is 0.307 e. The number of carbonyl (C=O) groups is 1. The summed E-state index contributed by atoms with van der Waals surface area (Å²) in [5.41, 5.74) is 0. The average Bonchev–Trinajstić information content (AvgIpc) is 2.50. The lowest BCUT2D eigenvalue weighted by Gasteiger charge is -2.19. The normalized spacial score (nSPS) is 10.3. The maximum absolute atomic E-state index is 11.2. The van der Waals surface area contributed by atoms with Gasteiger partial charge in [-0.15, -0.1) is 0 Å². The third-order valence-corrected chi connectivity index (χ3v) is 3.21. The van der Waals surface area contributed by atoms with E-state index >= 15 is 0 Å². The predicted octanol–water partition coefficient (Wildman–Crippen LogP) is 2.24. The van der Waals surface area contributed by atoms with Gasteiger partial charge >= 0.3 is 5.97 Å². The van der Waals surface area contributed by atoms with Crippen LogP contribution < -0.4 is 9.64 Å². The van der Waals surface area contributed by atoms with Crippen LogP contribution in [0.4, 0.5) is 5.82 Å². The van der Waals surface area contributed by atoms with Crippen LogP contribution in [-0.2, 0) is 9.53 Å². The SMILES string of the molecule is COC(=O)CCN(C)c1nccc2c(OC)cccc12. The predicted molar refractivity (Wildman–Crippen MR) is 78.2 cm³/mol. The zero-order chi connectivity index (χ0) is 14.5. The van der Waals surface area contributed by atoms with Gasteiger partial charge in [-0.1, -0.05) is 12.1 Å². The van der Waals surface area contributed by atoms with Crippen LogP contribution in [0.3, 0.4) is 0 Å². The molecule has 2 rings (SSSR count). The fourth-order valence-corrected chi connectivity index (χ4v) is 2.11. The number of carbonyl (C=O) groups excluding carboxylic acids is 1. The van der Waals surface area contributed by atoms with Gasteiger partial charge in [0.25, 0.3) is 0 Å². The van der Waals surface area contributed by atoms with Gasteiger partial charge in [0.05, 0.1) is 20.6 Å². The molecule has 0 N–H and O–H groups in total. The molecule has 0 saturated heterocycles. The van der Waals surface area contributed by atoms with Crippen LogP contribution in [0.15, 0.2) is 30.5 Å². The molecule has 1 aromatic carbocycles. The third kappa shape index (κ3) is 2.82. The zero-order valence-electron chi connectivity index (χ0n) is 11.9. The highest BCUT2D eigenvalue weighted by Gasteiger charge is 2.11. The van der Waals surface area contributed by atoms with Gasteiger partial charge in [-0.3, -0.25) is 4.79 Å². The van der Waals surface area contributed by atoms with Crippen molar-refractivity contribution in [3.8, 4) is 5.75 Å². The number of aromatic nitrogens is 1. The second kappa shape index (κ2) is 6.23. The first-order valence-electron chi connectivity index (χ1n) is 6.37. The third-order valence-electron chi connectivity index (χ3n) is 3.21. The van der Waals surface area contributed by atoms with Crippen molar-refractivity contribution in [2.24, 2.45) is 0 Å². The highest BCUT2D eigenvalue weighted by Crippen LogP contribution is 2.30. The Hall–Kier alpha value is -2.30. The molecule has 106 valence electrons. The summed E-state index contributed by atoms with van der Waals surface area (Å²) in [4.78, 5) is 17.6. The van der Waals surface area contributed by atoms with Crippen LogP contribution in [0.1, 0.15) is 6.42 Å². The minimum atomic E-state index is -0.227. The number of rotatable bonds is 5. The van der Waals surface area contributed by atoms with Crippen LogP contribution in [0, 0.1) is 0 Å². The van der Waals surface area contributed by atoms with Crippen LogP contribution in [0.2, 0.25) is 0 Å². The fourth-order valence-electron chi connectivity index (χ4n) is 2.11. The van der Waals surface area contributed by atoms with Gasteiger partial charge in [-0.2, -0.15) is 0 Å². The van der Waals surface area contributed by atoms with Gasteiger partial charge in [0.15, 0.2) is 0 Å². The van der Waals surface area contributed by atoms with Gasteiger partial charge in [0.1, 0.15) is 11.6 Å². The first-order valence-corrected chi connectivity index (χ1v) is 6.37. The Morgan fingerprint density at radius 2 is 2.05 bits per heavy atom. The Bertz CT molecular complexity index is 613. The Kier molecular flexibility index (Phi) is 4.40. The molecule has 0 unspecified atom stereocenters. The van der Waals surface area contributed by atoms with Crippen LogP contribution in [-0.4, -0.2) is 38.8 Å². The monoisotopic (exact) mass is 274 g/mol. The largest absolute Gasteiger partial charge is 0.496 e. The number of anilines is 1. The molecule has 0 bridgehead atoms. The number of pyridine rings is 1. The number of fused-ring (bicyclic) bond motifs is 1. The molecule has 0 aliphatic rings. The van der Waals surface area contributed by atoms with Crippen molar-refractivity contribution in [2.75, 3.05) is 32.7 Å². The topological polar surface area (TPSA) is 51.7 Å². The number of esters is 1. The molecular weight excluding hydrogens is 256 g/mol. The number of hydrogen-bond acceptors (Lipinski definition) is 5. The molecule has 0 saturated carbocycles. The molecule has 5 nitrogen and oxygen atoms in total. The fraction of sp³-hybridized carbons (Fsp3) is 0.333. The van der Waals surface area contributed by atoms with E-state index in [4.69, 9.17) is 4.74 Å². The summed E-state index contributed by atoms with van der Waals surface area (Å²) in [6.45, 7) is 0.552. The van der Waals surface area contributed by atoms with Crippen LogP contribution in [0.5, 0.6) is 5.75 Å². The van der Waals surface area contributed by atoms with E-state index < -0.39 is 0 Å². The molecule has 0 aliphatic heterocycles. The van der Waals surface area contributed by atoms with Crippen molar-refractivity contribution in [3.05, 3.63) is 30.5 Å². The number of nitrogens with zero attached hydrogens (tertiary/aromatic N) is 2. The van der Waals surface area contributed by atoms with Gasteiger partial charge in [-0.05, 0) is 12.1 Å². The molecule has 0 fully saturated rings. The molecule has 0 amide bonds. The molecular formula is C15H18N2O3. The molecule has 1 heterocycles. The van der Waals surface area contributed by atoms with E-state index in [9.17, 15) is 4.79 Å². The van der Waals surface area contributed by atoms with Gasteiger partial charge < -0.3 is 14.4 Å². The van der Waals surface area contributed by atoms with Crippen molar-refractivity contribution >= 4 is 22.6 Å². The van der Waals surface area contributed by atoms with Crippen molar-refractivity contribution < 1.29 is 14.3 Å². The molecule has 0 aliphatic carbocycles. The lowest BCUT2D eigenvalue weighted by molar-refractivity contribution is -0.140. The summed E-state index contributed by atoms with van der Waals surface area (Å²) in [7, 11) is 4.95. The summed E-state index contributed by atoms with van der Waals surface area (Å²) in [5, 5.41) is 2.00. The summed E-state index contributed by atoms with van der Waals surface area (Å²) in [6.07, 6.45) is 2.07. The summed E-state index contributed by atoms with van der Waals surface area (Å²) >= 11 is 0. The number of ether oxygens (including phenoxy) is 2. The Balaban J connectivity index is 2.32. The van der Waals surface area contributed by atoms with Crippen molar-refractivity contribution in [3.63, 3.8) is 0 Å². The minimum Gasteiger partial charge on any atom is -0.496 e. The molecule has 20 heavy (non-hydrogen) atoms. The van der Waals surface area contributed by atoms with E-state index in [1.54, 1.807) is 13.3 Å². The Labute approximate surface area is 118 Å². The maximum Gasteiger partial charge on any atom is 0.307 e. The quantitative estimate of drug-likeness (QED) is 0.783. The first-order chi connectivity index (χ1) is 9.67. The minimum absolute atomic E-state index is 0.227. The van der Waals surface area contributed by atoms with E-state index in [0.717, 1.165) is 22.3 Å². The second-order valence-corrected chi connectivity index (χ2v) is 4.44. The second-order valence-electron chi connectivity index (χ2n) is 4.44. The zero-order valence-corrected chi connectivity index (χ0v) is 11.9. The standard InChI is InChI=1S/C15H18N2O3/c1-17(10-8-14(18)20-3)15-12-5-4-6-13(19-2)11(12)7-9-16-15/h4-7,9H,8,10H2,1-3H3. The molecule has 5 heteroatoms. The maximum atomic E-state index is 11.2. The van der Waals surface area contributed by atoms with Crippen molar-refractivity contribution in [1.82, 2.24) is 4.98 Å².